The number of benzene rings is 1. The molecular formula is C21H24F4N2O5S2. The molecule has 4 aliphatic rings. The second kappa shape index (κ2) is 8.90. The average Bonchev–Trinajstić information content (AvgIpc) is 2.76. The van der Waals surface area contributed by atoms with Crippen LogP contribution >= 0.6 is 11.8 Å². The molecule has 0 aromatic heterocycles. The van der Waals surface area contributed by atoms with E-state index in [2.05, 4.69) is 4.72 Å². The van der Waals surface area contributed by atoms with Crippen molar-refractivity contribution in [3.8, 4) is 5.75 Å². The lowest BCUT2D eigenvalue weighted by molar-refractivity contribution is -0.136. The van der Waals surface area contributed by atoms with Gasteiger partial charge in [-0.3, -0.25) is 0 Å². The van der Waals surface area contributed by atoms with Crippen LogP contribution in [0, 0.1) is 5.92 Å². The van der Waals surface area contributed by atoms with Crippen molar-refractivity contribution in [1.82, 2.24) is 4.72 Å². The van der Waals surface area contributed by atoms with Gasteiger partial charge in [-0.1, -0.05) is 0 Å². The highest BCUT2D eigenvalue weighted by atomic mass is 32.2. The number of alkyl halides is 3. The number of thioether (sulfide) groups is 1. The Balaban J connectivity index is 1.71. The Bertz CT molecular complexity index is 1110. The first-order valence-corrected chi connectivity index (χ1v) is 13.4. The van der Waals surface area contributed by atoms with Gasteiger partial charge in [-0.15, -0.1) is 11.8 Å². The summed E-state index contributed by atoms with van der Waals surface area (Å²) in [5.74, 6) is -2.85. The molecule has 3 aliphatic carbocycles. The third kappa shape index (κ3) is 4.87. The molecule has 5 rings (SSSR count). The van der Waals surface area contributed by atoms with Crippen molar-refractivity contribution >= 4 is 33.4 Å². The third-order valence-corrected chi connectivity index (χ3v) is 8.94. The van der Waals surface area contributed by atoms with E-state index >= 15 is 0 Å². The SMILES string of the molecule is CSc1cc2c(cc1O/C=C(\F)C(=O)O)S(=O)(=O)N[C@H](CCCC(F)(F)F)CN2C12CC(C1)C2. The fourth-order valence-electron chi connectivity index (χ4n) is 4.92. The van der Waals surface area contributed by atoms with Gasteiger partial charge in [-0.05, 0) is 50.3 Å². The van der Waals surface area contributed by atoms with Crippen LogP contribution in [-0.2, 0) is 14.8 Å². The van der Waals surface area contributed by atoms with Crippen LogP contribution in [0.15, 0.2) is 34.0 Å². The molecule has 1 heterocycles. The Labute approximate surface area is 198 Å². The number of nitrogens with one attached hydrogen (secondary N) is 1. The molecule has 0 amide bonds. The molecule has 1 aromatic carbocycles. The first-order valence-electron chi connectivity index (χ1n) is 10.7. The molecule has 34 heavy (non-hydrogen) atoms. The molecule has 7 nitrogen and oxygen atoms in total. The van der Waals surface area contributed by atoms with E-state index in [0.717, 1.165) is 19.3 Å². The number of carboxylic acids is 1. The van der Waals surface area contributed by atoms with Crippen LogP contribution < -0.4 is 14.4 Å². The van der Waals surface area contributed by atoms with E-state index in [1.165, 1.54) is 17.8 Å². The first-order chi connectivity index (χ1) is 15.8. The third-order valence-electron chi connectivity index (χ3n) is 6.64. The Morgan fingerprint density at radius 1 is 1.35 bits per heavy atom. The van der Waals surface area contributed by atoms with Gasteiger partial charge in [0.2, 0.25) is 15.9 Å². The van der Waals surface area contributed by atoms with Crippen molar-refractivity contribution in [3.05, 3.63) is 24.2 Å². The second-order valence-electron chi connectivity index (χ2n) is 9.00. The number of nitrogens with zero attached hydrogens (tertiary/aromatic N) is 1. The zero-order chi connectivity index (χ0) is 24.9. The largest absolute Gasteiger partial charge is 0.476 e. The predicted octanol–water partition coefficient (Wildman–Crippen LogP) is 4.43. The highest BCUT2D eigenvalue weighted by molar-refractivity contribution is 7.98. The molecule has 3 fully saturated rings. The maximum Gasteiger partial charge on any atom is 0.389 e. The number of halogens is 4. The van der Waals surface area contributed by atoms with Crippen molar-refractivity contribution < 1.29 is 40.6 Å². The van der Waals surface area contributed by atoms with Gasteiger partial charge < -0.3 is 14.7 Å². The van der Waals surface area contributed by atoms with E-state index in [9.17, 15) is 30.8 Å². The molecule has 2 bridgehead atoms. The lowest BCUT2D eigenvalue weighted by Gasteiger charge is -2.67. The molecular weight excluding hydrogens is 500 g/mol. The number of hydrogen-bond donors (Lipinski definition) is 2. The van der Waals surface area contributed by atoms with Crippen LogP contribution in [-0.4, -0.2) is 50.1 Å². The highest BCUT2D eigenvalue weighted by Crippen LogP contribution is 2.62. The summed E-state index contributed by atoms with van der Waals surface area (Å²) in [4.78, 5) is 13.1. The Morgan fingerprint density at radius 3 is 2.56 bits per heavy atom. The van der Waals surface area contributed by atoms with Gasteiger partial charge in [-0.25, -0.2) is 17.9 Å². The Morgan fingerprint density at radius 2 is 2.03 bits per heavy atom. The Kier molecular flexibility index (Phi) is 6.58. The van der Waals surface area contributed by atoms with E-state index in [1.54, 1.807) is 12.3 Å². The molecule has 13 heteroatoms. The minimum atomic E-state index is -4.32. The molecule has 1 aromatic rings. The quantitative estimate of drug-likeness (QED) is 0.225. The highest BCUT2D eigenvalue weighted by Gasteiger charge is 2.61. The minimum absolute atomic E-state index is 0.0219. The average molecular weight is 525 g/mol. The summed E-state index contributed by atoms with van der Waals surface area (Å²) in [5, 5.41) is 8.70. The number of hydrogen-bond acceptors (Lipinski definition) is 6. The smallest absolute Gasteiger partial charge is 0.389 e. The fourth-order valence-corrected chi connectivity index (χ4v) is 6.93. The Hall–Kier alpha value is -1.99. The van der Waals surface area contributed by atoms with Gasteiger partial charge in [0.05, 0.1) is 10.6 Å². The molecule has 3 saturated carbocycles. The number of sulfonamides is 1. The molecule has 0 unspecified atom stereocenters. The van der Waals surface area contributed by atoms with Crippen LogP contribution in [0.4, 0.5) is 23.2 Å². The molecule has 2 N–H and O–H groups in total. The van der Waals surface area contributed by atoms with E-state index in [0.29, 0.717) is 22.8 Å². The van der Waals surface area contributed by atoms with E-state index < -0.39 is 40.5 Å². The van der Waals surface area contributed by atoms with Crippen LogP contribution in [0.2, 0.25) is 0 Å². The predicted molar refractivity (Wildman–Crippen MR) is 117 cm³/mol. The van der Waals surface area contributed by atoms with E-state index in [1.807, 2.05) is 4.90 Å². The second-order valence-corrected chi connectivity index (χ2v) is 11.5. The molecule has 1 atom stereocenters. The maximum absolute atomic E-state index is 13.4. The summed E-state index contributed by atoms with van der Waals surface area (Å²) in [6.07, 6.45) is -0.739. The fraction of sp³-hybridized carbons (Fsp3) is 0.571. The number of ether oxygens (including phenoxy) is 1. The van der Waals surface area contributed by atoms with Crippen LogP contribution in [0.3, 0.4) is 0 Å². The van der Waals surface area contributed by atoms with Gasteiger partial charge in [0.15, 0.2) is 0 Å². The summed E-state index contributed by atoms with van der Waals surface area (Å²) in [5.41, 5.74) is 0.194. The number of anilines is 1. The summed E-state index contributed by atoms with van der Waals surface area (Å²) in [6.45, 7) is 0.235. The van der Waals surface area contributed by atoms with Crippen molar-refractivity contribution in [3.63, 3.8) is 0 Å². The van der Waals surface area contributed by atoms with Gasteiger partial charge >= 0.3 is 12.1 Å². The number of carboxylic acid groups (broad SMARTS) is 1. The van der Waals surface area contributed by atoms with E-state index in [-0.39, 0.29) is 35.6 Å². The summed E-state index contributed by atoms with van der Waals surface area (Å²) in [7, 11) is -4.15. The zero-order valence-corrected chi connectivity index (χ0v) is 19.8. The zero-order valence-electron chi connectivity index (χ0n) is 18.2. The van der Waals surface area contributed by atoms with Crippen molar-refractivity contribution in [1.29, 1.82) is 0 Å². The minimum Gasteiger partial charge on any atom is -0.476 e. The van der Waals surface area contributed by atoms with Crippen molar-refractivity contribution in [2.24, 2.45) is 5.92 Å². The van der Waals surface area contributed by atoms with Gasteiger partial charge in [0, 0.05) is 30.6 Å². The number of carbonyl (C=O) groups is 1. The first kappa shape index (κ1) is 25.1. The standard InChI is InChI=1S/C21H24F4N2O5S2/c1-33-17-5-15-18(6-16(17)32-11-14(22)19(28)29)34(30,31)26-13(3-2-4-21(23,24)25)10-27(15)20-7-12(8-20)9-20/h5-6,11-13,26H,2-4,7-10H2,1H3,(H,28,29)/b14-11-/t12?,13-,20?/m1/s1. The van der Waals surface area contributed by atoms with Crippen LogP contribution in [0.5, 0.6) is 5.75 Å². The maximum atomic E-state index is 13.4. The van der Waals surface area contributed by atoms with Gasteiger partial charge in [0.25, 0.3) is 0 Å². The lowest BCUT2D eigenvalue weighted by Crippen LogP contribution is -2.69. The molecule has 0 radical (unpaired) electrons. The van der Waals surface area contributed by atoms with Crippen molar-refractivity contribution in [2.75, 3.05) is 17.7 Å². The topological polar surface area (TPSA) is 95.9 Å². The summed E-state index contributed by atoms with van der Waals surface area (Å²) < 4.78 is 85.6. The number of rotatable bonds is 8. The van der Waals surface area contributed by atoms with Crippen molar-refractivity contribution in [2.45, 2.75) is 66.1 Å². The van der Waals surface area contributed by atoms with E-state index in [4.69, 9.17) is 9.84 Å². The molecule has 0 spiro atoms. The number of fused-ring (bicyclic) bond motifs is 1. The van der Waals surface area contributed by atoms with Crippen LogP contribution in [0.25, 0.3) is 0 Å². The molecule has 188 valence electrons. The summed E-state index contributed by atoms with van der Waals surface area (Å²) >= 11 is 1.21. The number of aliphatic carboxylic acids is 1. The van der Waals surface area contributed by atoms with Gasteiger partial charge in [-0.2, -0.15) is 17.6 Å². The summed E-state index contributed by atoms with van der Waals surface area (Å²) in [6, 6.07) is 2.10. The van der Waals surface area contributed by atoms with Gasteiger partial charge in [0.1, 0.15) is 16.9 Å². The lowest BCUT2D eigenvalue weighted by atomic mass is 9.49. The monoisotopic (exact) mass is 524 g/mol. The normalized spacial score (nSPS) is 27.8. The molecule has 1 aliphatic heterocycles. The molecule has 0 saturated heterocycles. The van der Waals surface area contributed by atoms with Crippen LogP contribution in [0.1, 0.15) is 38.5 Å².